The number of hydrogen-bond donors (Lipinski definition) is 1. The standard InChI is InChI=1S/C9H10BrClN2O.C5H4BrClN2.C4H8Br2O/c10-7-5-8(9(11)12-6-7)13-1-3-14-4-2-13;6-3-1-4(8)5(7)9-2-3;5-1-3-7-4-2-6/h5-6H,1-4H2;1-2H,8H2;1-4H2. The molecule has 1 aliphatic heterocycles. The number of alkyl halides is 2. The molecule has 3 heterocycles. The molecule has 12 heteroatoms. The van der Waals surface area contributed by atoms with Crippen LogP contribution in [0.2, 0.25) is 10.3 Å². The normalized spacial score (nSPS) is 13.1. The third-order valence-corrected chi connectivity index (χ3v) is 5.54. The molecule has 6 nitrogen and oxygen atoms in total. The molecule has 1 fully saturated rings. The molecular weight excluding hydrogens is 695 g/mol. The lowest BCUT2D eigenvalue weighted by molar-refractivity contribution is 0.122. The number of anilines is 2. The van der Waals surface area contributed by atoms with Gasteiger partial charge in [-0.2, -0.15) is 0 Å². The van der Waals surface area contributed by atoms with Gasteiger partial charge in [-0.1, -0.05) is 55.1 Å². The fourth-order valence-electron chi connectivity index (χ4n) is 2.09. The van der Waals surface area contributed by atoms with Crippen molar-refractivity contribution < 1.29 is 9.47 Å². The van der Waals surface area contributed by atoms with E-state index >= 15 is 0 Å². The van der Waals surface area contributed by atoms with E-state index in [0.29, 0.717) is 16.0 Å². The predicted molar refractivity (Wildman–Crippen MR) is 140 cm³/mol. The van der Waals surface area contributed by atoms with Gasteiger partial charge < -0.3 is 20.1 Å². The third-order valence-electron chi connectivity index (χ3n) is 3.41. The smallest absolute Gasteiger partial charge is 0.152 e. The molecule has 0 atom stereocenters. The second-order valence-electron chi connectivity index (χ2n) is 5.59. The van der Waals surface area contributed by atoms with Crippen molar-refractivity contribution in [1.29, 1.82) is 0 Å². The molecule has 2 aromatic rings. The quantitative estimate of drug-likeness (QED) is 0.226. The van der Waals surface area contributed by atoms with Gasteiger partial charge in [0, 0.05) is 45.1 Å². The lowest BCUT2D eigenvalue weighted by Crippen LogP contribution is -2.36. The van der Waals surface area contributed by atoms with Crippen LogP contribution < -0.4 is 10.6 Å². The van der Waals surface area contributed by atoms with E-state index in [1.165, 1.54) is 0 Å². The van der Waals surface area contributed by atoms with Crippen LogP contribution in [0.1, 0.15) is 0 Å². The van der Waals surface area contributed by atoms with Crippen molar-refractivity contribution in [2.75, 3.05) is 60.8 Å². The minimum absolute atomic E-state index is 0.346. The van der Waals surface area contributed by atoms with Crippen molar-refractivity contribution >= 4 is 98.3 Å². The Labute approximate surface area is 220 Å². The number of hydrogen-bond acceptors (Lipinski definition) is 6. The molecule has 0 aliphatic carbocycles. The molecular formula is C18H22Br4Cl2N4O2. The topological polar surface area (TPSA) is 73.5 Å². The molecule has 1 aliphatic rings. The molecule has 0 bridgehead atoms. The molecule has 2 aromatic heterocycles. The van der Waals surface area contributed by atoms with Gasteiger partial charge in [-0.15, -0.1) is 0 Å². The SMILES string of the molecule is BrCCOCCBr.Clc1ncc(Br)cc1N1CCOCC1.Nc1cc(Br)cnc1Cl. The maximum Gasteiger partial charge on any atom is 0.152 e. The third kappa shape index (κ3) is 11.8. The van der Waals surface area contributed by atoms with Crippen molar-refractivity contribution in [3.8, 4) is 0 Å². The summed E-state index contributed by atoms with van der Waals surface area (Å²) in [6.07, 6.45) is 3.30. The summed E-state index contributed by atoms with van der Waals surface area (Å²) in [5, 5.41) is 2.76. The predicted octanol–water partition coefficient (Wildman–Crippen LogP) is 6.21. The largest absolute Gasteiger partial charge is 0.396 e. The van der Waals surface area contributed by atoms with Crippen LogP contribution in [0, 0.1) is 0 Å². The van der Waals surface area contributed by atoms with E-state index in [9.17, 15) is 0 Å². The summed E-state index contributed by atoms with van der Waals surface area (Å²) in [6.45, 7) is 4.87. The van der Waals surface area contributed by atoms with E-state index in [4.69, 9.17) is 38.4 Å². The van der Waals surface area contributed by atoms with Crippen molar-refractivity contribution in [3.63, 3.8) is 0 Å². The van der Waals surface area contributed by atoms with Gasteiger partial charge in [0.1, 0.15) is 0 Å². The minimum Gasteiger partial charge on any atom is -0.396 e. The molecule has 0 amide bonds. The van der Waals surface area contributed by atoms with E-state index in [1.807, 2.05) is 6.07 Å². The molecule has 0 aromatic carbocycles. The van der Waals surface area contributed by atoms with Crippen LogP contribution in [-0.4, -0.2) is 60.1 Å². The van der Waals surface area contributed by atoms with Gasteiger partial charge in [0.15, 0.2) is 10.3 Å². The Morgan fingerprint density at radius 1 is 0.967 bits per heavy atom. The van der Waals surface area contributed by atoms with Crippen LogP contribution in [0.4, 0.5) is 11.4 Å². The van der Waals surface area contributed by atoms with E-state index in [1.54, 1.807) is 18.5 Å². The zero-order chi connectivity index (χ0) is 22.4. The average Bonchev–Trinajstić information content (AvgIpc) is 2.75. The van der Waals surface area contributed by atoms with Crippen molar-refractivity contribution in [1.82, 2.24) is 9.97 Å². The first-order valence-corrected chi connectivity index (χ1v) is 13.4. The van der Waals surface area contributed by atoms with Crippen molar-refractivity contribution in [2.24, 2.45) is 0 Å². The van der Waals surface area contributed by atoms with E-state index in [-0.39, 0.29) is 0 Å². The van der Waals surface area contributed by atoms with Crippen molar-refractivity contribution in [2.45, 2.75) is 0 Å². The van der Waals surface area contributed by atoms with Crippen LogP contribution in [0.25, 0.3) is 0 Å². The second kappa shape index (κ2) is 16.9. The van der Waals surface area contributed by atoms with Crippen LogP contribution in [0.15, 0.2) is 33.5 Å². The molecule has 0 unspecified atom stereocenters. The maximum absolute atomic E-state index is 6.02. The van der Waals surface area contributed by atoms with Crippen LogP contribution >= 0.6 is 86.9 Å². The van der Waals surface area contributed by atoms with Gasteiger partial charge in [-0.25, -0.2) is 9.97 Å². The van der Waals surface area contributed by atoms with Gasteiger partial charge in [0.25, 0.3) is 0 Å². The Hall–Kier alpha value is 0.320. The first kappa shape index (κ1) is 28.4. The highest BCUT2D eigenvalue weighted by atomic mass is 79.9. The first-order valence-electron chi connectivity index (χ1n) is 8.79. The lowest BCUT2D eigenvalue weighted by atomic mass is 10.3. The molecule has 30 heavy (non-hydrogen) atoms. The zero-order valence-electron chi connectivity index (χ0n) is 16.0. The Balaban J connectivity index is 0.000000244. The highest BCUT2D eigenvalue weighted by Crippen LogP contribution is 2.27. The van der Waals surface area contributed by atoms with Crippen LogP contribution in [0.5, 0.6) is 0 Å². The van der Waals surface area contributed by atoms with E-state index in [0.717, 1.165) is 64.8 Å². The fourth-order valence-corrected chi connectivity index (χ4v) is 3.54. The summed E-state index contributed by atoms with van der Waals surface area (Å²) in [7, 11) is 0. The number of halogens is 6. The number of nitrogen functional groups attached to an aromatic ring is 1. The summed E-state index contributed by atoms with van der Waals surface area (Å²) in [5.41, 5.74) is 6.86. The Morgan fingerprint density at radius 3 is 2.00 bits per heavy atom. The monoisotopic (exact) mass is 712 g/mol. The molecule has 1 saturated heterocycles. The number of nitrogens with zero attached hydrogens (tertiary/aromatic N) is 3. The molecule has 168 valence electrons. The molecule has 0 saturated carbocycles. The molecule has 2 N–H and O–H groups in total. The maximum atomic E-state index is 6.02. The number of morpholine rings is 1. The average molecular weight is 717 g/mol. The van der Waals surface area contributed by atoms with Gasteiger partial charge in [0.2, 0.25) is 0 Å². The van der Waals surface area contributed by atoms with E-state index in [2.05, 4.69) is 78.6 Å². The minimum atomic E-state index is 0.346. The van der Waals surface area contributed by atoms with Crippen molar-refractivity contribution in [3.05, 3.63) is 43.8 Å². The number of ether oxygens (including phenoxy) is 2. The molecule has 3 rings (SSSR count). The number of aromatic nitrogens is 2. The first-order chi connectivity index (χ1) is 14.4. The van der Waals surface area contributed by atoms with Crippen LogP contribution in [0.3, 0.4) is 0 Å². The second-order valence-corrected chi connectivity index (χ2v) is 9.72. The molecule has 0 spiro atoms. The van der Waals surface area contributed by atoms with Crippen LogP contribution in [-0.2, 0) is 9.47 Å². The highest BCUT2D eigenvalue weighted by molar-refractivity contribution is 9.11. The summed E-state index contributed by atoms with van der Waals surface area (Å²) < 4.78 is 12.1. The number of pyridine rings is 2. The zero-order valence-corrected chi connectivity index (χ0v) is 23.8. The molecule has 0 radical (unpaired) electrons. The summed E-state index contributed by atoms with van der Waals surface area (Å²) in [4.78, 5) is 10.0. The van der Waals surface area contributed by atoms with Gasteiger partial charge in [0.05, 0.1) is 37.8 Å². The Kier molecular flexibility index (Phi) is 16.0. The Morgan fingerprint density at radius 2 is 1.50 bits per heavy atom. The lowest BCUT2D eigenvalue weighted by Gasteiger charge is -2.29. The number of nitrogens with two attached hydrogens (primary N) is 1. The highest BCUT2D eigenvalue weighted by Gasteiger charge is 2.14. The van der Waals surface area contributed by atoms with E-state index < -0.39 is 0 Å². The van der Waals surface area contributed by atoms with Gasteiger partial charge >= 0.3 is 0 Å². The number of rotatable bonds is 5. The summed E-state index contributed by atoms with van der Waals surface area (Å²) in [5.74, 6) is 0. The fraction of sp³-hybridized carbons (Fsp3) is 0.444. The Bertz CT molecular complexity index is 752. The summed E-state index contributed by atoms with van der Waals surface area (Å²) >= 11 is 24.6. The summed E-state index contributed by atoms with van der Waals surface area (Å²) in [6, 6.07) is 3.69. The van der Waals surface area contributed by atoms with Gasteiger partial charge in [-0.05, 0) is 44.0 Å². The van der Waals surface area contributed by atoms with Gasteiger partial charge in [-0.3, -0.25) is 0 Å².